The van der Waals surface area contributed by atoms with E-state index < -0.39 is 0 Å². The van der Waals surface area contributed by atoms with Crippen LogP contribution in [0.15, 0.2) is 59.4 Å². The Balaban J connectivity index is 2.35. The topological polar surface area (TPSA) is 34.0 Å². The molecule has 3 heteroatoms. The van der Waals surface area contributed by atoms with Gasteiger partial charge in [-0.15, -0.1) is 0 Å². The van der Waals surface area contributed by atoms with Crippen LogP contribution in [-0.4, -0.2) is 10.6 Å². The second-order valence-corrected chi connectivity index (χ2v) is 6.63. The quantitative estimate of drug-likeness (QED) is 0.775. The van der Waals surface area contributed by atoms with E-state index in [1.807, 2.05) is 60.0 Å². The van der Waals surface area contributed by atoms with Crippen LogP contribution in [0.25, 0.3) is 16.5 Å². The molecular weight excluding hydrogens is 296 g/mol. The van der Waals surface area contributed by atoms with Gasteiger partial charge in [-0.2, -0.15) is 0 Å². The minimum atomic E-state index is 0.0456. The van der Waals surface area contributed by atoms with Crippen molar-refractivity contribution in [3.05, 3.63) is 76.2 Å². The van der Waals surface area contributed by atoms with Gasteiger partial charge in [0.1, 0.15) is 0 Å². The van der Waals surface area contributed by atoms with Gasteiger partial charge >= 0.3 is 0 Å². The first-order chi connectivity index (χ1) is 11.5. The first-order valence-corrected chi connectivity index (χ1v) is 8.46. The number of para-hydroxylation sites is 1. The number of aryl methyl sites for hydroxylation is 1. The first-order valence-electron chi connectivity index (χ1n) is 8.46. The lowest BCUT2D eigenvalue weighted by atomic mass is 10.0. The molecule has 0 radical (unpaired) electrons. The Kier molecular flexibility index (Phi) is 4.54. The molecule has 1 aromatic heterocycles. The second-order valence-electron chi connectivity index (χ2n) is 6.63. The monoisotopic (exact) mass is 320 g/mol. The van der Waals surface area contributed by atoms with Gasteiger partial charge in [-0.25, -0.2) is 0 Å². The van der Waals surface area contributed by atoms with Crippen molar-refractivity contribution in [1.82, 2.24) is 9.88 Å². The number of hydrogen-bond donors (Lipinski definition) is 1. The maximum absolute atomic E-state index is 13.3. The van der Waals surface area contributed by atoms with Crippen LogP contribution < -0.4 is 10.9 Å². The van der Waals surface area contributed by atoms with Crippen molar-refractivity contribution in [3.8, 4) is 5.69 Å². The van der Waals surface area contributed by atoms with Crippen LogP contribution in [0, 0.1) is 6.92 Å². The van der Waals surface area contributed by atoms with E-state index in [2.05, 4.69) is 32.2 Å². The van der Waals surface area contributed by atoms with E-state index in [9.17, 15) is 4.79 Å². The Morgan fingerprint density at radius 3 is 2.33 bits per heavy atom. The zero-order valence-electron chi connectivity index (χ0n) is 14.7. The third-order valence-corrected chi connectivity index (χ3v) is 4.32. The van der Waals surface area contributed by atoms with Gasteiger partial charge < -0.3 is 5.32 Å². The molecule has 0 saturated carbocycles. The predicted octanol–water partition coefficient (Wildman–Crippen LogP) is 4.36. The fraction of sp³-hybridized carbons (Fsp3) is 0.286. The number of pyridine rings is 1. The molecule has 124 valence electrons. The number of hydrogen-bond acceptors (Lipinski definition) is 2. The molecule has 3 nitrogen and oxygen atoms in total. The molecule has 3 rings (SSSR count). The Morgan fingerprint density at radius 1 is 0.958 bits per heavy atom. The highest BCUT2D eigenvalue weighted by atomic mass is 16.1. The van der Waals surface area contributed by atoms with Gasteiger partial charge in [0.2, 0.25) is 0 Å². The van der Waals surface area contributed by atoms with Crippen molar-refractivity contribution in [2.45, 2.75) is 39.8 Å². The summed E-state index contributed by atoms with van der Waals surface area (Å²) in [6, 6.07) is 18.4. The van der Waals surface area contributed by atoms with E-state index in [0.29, 0.717) is 6.04 Å². The van der Waals surface area contributed by atoms with Gasteiger partial charge in [0.15, 0.2) is 0 Å². The summed E-state index contributed by atoms with van der Waals surface area (Å²) >= 11 is 0. The van der Waals surface area contributed by atoms with E-state index in [0.717, 1.165) is 27.7 Å². The highest BCUT2D eigenvalue weighted by molar-refractivity contribution is 5.85. The van der Waals surface area contributed by atoms with E-state index in [1.165, 1.54) is 0 Å². The molecule has 0 aliphatic rings. The molecule has 0 unspecified atom stereocenters. The molecule has 1 atom stereocenters. The number of benzene rings is 2. The van der Waals surface area contributed by atoms with Crippen LogP contribution >= 0.6 is 0 Å². The van der Waals surface area contributed by atoms with Gasteiger partial charge in [-0.05, 0) is 43.0 Å². The standard InChI is InChI=1S/C21H24N2O/c1-14(2)22-16(4)19-13-17-10-8-9-15(3)20(17)21(24)23(19)18-11-6-5-7-12-18/h5-14,16,22H,1-4H3/t16-/m0/s1. The lowest BCUT2D eigenvalue weighted by Crippen LogP contribution is -2.32. The van der Waals surface area contributed by atoms with Gasteiger partial charge in [-0.3, -0.25) is 9.36 Å². The third kappa shape index (κ3) is 3.00. The summed E-state index contributed by atoms with van der Waals surface area (Å²) in [5.74, 6) is 0. The SMILES string of the molecule is Cc1cccc2cc([C@H](C)NC(C)C)n(-c3ccccc3)c(=O)c12. The van der Waals surface area contributed by atoms with Gasteiger partial charge in [0.05, 0.1) is 5.39 Å². The minimum Gasteiger partial charge on any atom is -0.307 e. The van der Waals surface area contributed by atoms with Crippen molar-refractivity contribution in [2.75, 3.05) is 0 Å². The highest BCUT2D eigenvalue weighted by Gasteiger charge is 2.17. The molecule has 0 aliphatic heterocycles. The maximum Gasteiger partial charge on any atom is 0.263 e. The molecule has 0 saturated heterocycles. The van der Waals surface area contributed by atoms with Crippen LogP contribution in [-0.2, 0) is 0 Å². The van der Waals surface area contributed by atoms with E-state index in [1.54, 1.807) is 0 Å². The van der Waals surface area contributed by atoms with Crippen molar-refractivity contribution >= 4 is 10.8 Å². The average Bonchev–Trinajstić information content (AvgIpc) is 2.54. The summed E-state index contributed by atoms with van der Waals surface area (Å²) in [5, 5.41) is 5.31. The van der Waals surface area contributed by atoms with Crippen LogP contribution in [0.2, 0.25) is 0 Å². The fourth-order valence-corrected chi connectivity index (χ4v) is 3.30. The smallest absolute Gasteiger partial charge is 0.263 e. The van der Waals surface area contributed by atoms with Crippen molar-refractivity contribution in [1.29, 1.82) is 0 Å². The summed E-state index contributed by atoms with van der Waals surface area (Å²) in [6.45, 7) is 8.34. The number of fused-ring (bicyclic) bond motifs is 1. The molecule has 0 spiro atoms. The summed E-state index contributed by atoms with van der Waals surface area (Å²) < 4.78 is 1.84. The fourth-order valence-electron chi connectivity index (χ4n) is 3.30. The largest absolute Gasteiger partial charge is 0.307 e. The van der Waals surface area contributed by atoms with Gasteiger partial charge in [-0.1, -0.05) is 50.2 Å². The Morgan fingerprint density at radius 2 is 1.67 bits per heavy atom. The molecule has 0 fully saturated rings. The molecule has 0 aliphatic carbocycles. The van der Waals surface area contributed by atoms with Crippen LogP contribution in [0.4, 0.5) is 0 Å². The predicted molar refractivity (Wildman–Crippen MR) is 101 cm³/mol. The van der Waals surface area contributed by atoms with Gasteiger partial charge in [0.25, 0.3) is 5.56 Å². The maximum atomic E-state index is 13.3. The van der Waals surface area contributed by atoms with Crippen molar-refractivity contribution in [3.63, 3.8) is 0 Å². The normalized spacial score (nSPS) is 12.7. The van der Waals surface area contributed by atoms with E-state index in [-0.39, 0.29) is 11.6 Å². The van der Waals surface area contributed by atoms with Crippen molar-refractivity contribution in [2.24, 2.45) is 0 Å². The van der Waals surface area contributed by atoms with Crippen LogP contribution in [0.1, 0.15) is 38.1 Å². The molecule has 24 heavy (non-hydrogen) atoms. The second kappa shape index (κ2) is 6.62. The van der Waals surface area contributed by atoms with E-state index >= 15 is 0 Å². The number of nitrogens with one attached hydrogen (secondary N) is 1. The molecule has 3 aromatic rings. The molecular formula is C21H24N2O. The highest BCUT2D eigenvalue weighted by Crippen LogP contribution is 2.23. The molecule has 0 amide bonds. The minimum absolute atomic E-state index is 0.0456. The molecule has 0 bridgehead atoms. The zero-order chi connectivity index (χ0) is 17.3. The Bertz CT molecular complexity index is 910. The summed E-state index contributed by atoms with van der Waals surface area (Å²) in [4.78, 5) is 13.3. The van der Waals surface area contributed by atoms with E-state index in [4.69, 9.17) is 0 Å². The third-order valence-electron chi connectivity index (χ3n) is 4.32. The van der Waals surface area contributed by atoms with Crippen LogP contribution in [0.5, 0.6) is 0 Å². The number of rotatable bonds is 4. The van der Waals surface area contributed by atoms with Crippen molar-refractivity contribution < 1.29 is 0 Å². The summed E-state index contributed by atoms with van der Waals surface area (Å²) in [5.41, 5.74) is 2.94. The number of nitrogens with zero attached hydrogens (tertiary/aromatic N) is 1. The Hall–Kier alpha value is -2.39. The summed E-state index contributed by atoms with van der Waals surface area (Å²) in [7, 11) is 0. The molecule has 1 heterocycles. The average molecular weight is 320 g/mol. The lowest BCUT2D eigenvalue weighted by Gasteiger charge is -2.23. The van der Waals surface area contributed by atoms with Gasteiger partial charge in [0, 0.05) is 23.5 Å². The zero-order valence-corrected chi connectivity index (χ0v) is 14.7. The Labute approximate surface area is 143 Å². The number of aromatic nitrogens is 1. The lowest BCUT2D eigenvalue weighted by molar-refractivity contribution is 0.490. The van der Waals surface area contributed by atoms with Crippen LogP contribution in [0.3, 0.4) is 0 Å². The first kappa shape index (κ1) is 16.5. The molecule has 1 N–H and O–H groups in total. The molecule has 2 aromatic carbocycles. The summed E-state index contributed by atoms with van der Waals surface area (Å²) in [6.07, 6.45) is 0.